The molecule has 6 nitrogen and oxygen atoms in total. The van der Waals surface area contributed by atoms with Gasteiger partial charge in [0.05, 0.1) is 16.2 Å². The average molecular weight is 449 g/mol. The number of thioether (sulfide) groups is 1. The molecule has 2 aromatic heterocycles. The fourth-order valence-corrected chi connectivity index (χ4v) is 4.76. The van der Waals surface area contributed by atoms with Gasteiger partial charge in [-0.05, 0) is 69.7 Å². The zero-order chi connectivity index (χ0) is 22.5. The van der Waals surface area contributed by atoms with Gasteiger partial charge in [-0.15, -0.1) is 0 Å². The van der Waals surface area contributed by atoms with Crippen LogP contribution in [0.5, 0.6) is 0 Å². The molecule has 0 spiro atoms. The number of aromatic nitrogens is 3. The van der Waals surface area contributed by atoms with Crippen molar-refractivity contribution in [1.29, 1.82) is 0 Å². The van der Waals surface area contributed by atoms with Gasteiger partial charge in [-0.25, -0.2) is 14.5 Å². The van der Waals surface area contributed by atoms with Gasteiger partial charge in [-0.1, -0.05) is 41.6 Å². The second-order valence-electron chi connectivity index (χ2n) is 8.16. The number of hydrogen-bond donors (Lipinski definition) is 1. The Morgan fingerprint density at radius 2 is 2.06 bits per heavy atom. The standard InChI is InChI=1S/C25H28N4O2S/c1-17-12-13-22(27-16-17)29-24(31)20-10-6-7-11-21(20)28-25(29)32-18(2)23(30)26-15-14-19-8-4-3-5-9-19/h6-8,10-13,16,18H,3-5,9,14-15H2,1-2H3,(H,26,30). The summed E-state index contributed by atoms with van der Waals surface area (Å²) in [6.07, 6.45) is 9.71. The Labute approximate surface area is 192 Å². The lowest BCUT2D eigenvalue weighted by Gasteiger charge is -2.17. The van der Waals surface area contributed by atoms with Crippen LogP contribution in [0.15, 0.2) is 64.2 Å². The van der Waals surface area contributed by atoms with Crippen LogP contribution in [-0.4, -0.2) is 32.2 Å². The largest absolute Gasteiger partial charge is 0.355 e. The third-order valence-corrected chi connectivity index (χ3v) is 6.70. The van der Waals surface area contributed by atoms with Crippen LogP contribution in [0.3, 0.4) is 0 Å². The van der Waals surface area contributed by atoms with Crippen LogP contribution >= 0.6 is 11.8 Å². The summed E-state index contributed by atoms with van der Waals surface area (Å²) in [4.78, 5) is 35.2. The van der Waals surface area contributed by atoms with Crippen molar-refractivity contribution in [3.63, 3.8) is 0 Å². The summed E-state index contributed by atoms with van der Waals surface area (Å²) in [6, 6.07) is 11.0. The second-order valence-corrected chi connectivity index (χ2v) is 9.46. The van der Waals surface area contributed by atoms with Crippen LogP contribution in [0.4, 0.5) is 0 Å². The monoisotopic (exact) mass is 448 g/mol. The predicted octanol–water partition coefficient (Wildman–Crippen LogP) is 4.58. The molecule has 1 N–H and O–H groups in total. The molecule has 1 aromatic carbocycles. The smallest absolute Gasteiger partial charge is 0.267 e. The Hall–Kier alpha value is -2.93. The summed E-state index contributed by atoms with van der Waals surface area (Å²) in [5, 5.41) is 3.62. The van der Waals surface area contributed by atoms with Crippen LogP contribution in [0, 0.1) is 6.92 Å². The van der Waals surface area contributed by atoms with E-state index < -0.39 is 5.25 Å². The first-order valence-electron chi connectivity index (χ1n) is 11.1. The summed E-state index contributed by atoms with van der Waals surface area (Å²) in [5.41, 5.74) is 2.87. The molecular formula is C25H28N4O2S. The molecule has 2 heterocycles. The van der Waals surface area contributed by atoms with Crippen LogP contribution in [0.1, 0.15) is 44.6 Å². The Morgan fingerprint density at radius 3 is 2.81 bits per heavy atom. The molecule has 0 aliphatic heterocycles. The van der Waals surface area contributed by atoms with Gasteiger partial charge in [0.1, 0.15) is 5.82 Å². The molecule has 3 aromatic rings. The lowest BCUT2D eigenvalue weighted by molar-refractivity contribution is -0.120. The van der Waals surface area contributed by atoms with Gasteiger partial charge in [0.15, 0.2) is 5.16 Å². The first-order valence-corrected chi connectivity index (χ1v) is 12.0. The molecule has 1 aliphatic rings. The van der Waals surface area contributed by atoms with Gasteiger partial charge in [0, 0.05) is 12.7 Å². The van der Waals surface area contributed by atoms with E-state index in [4.69, 9.17) is 4.98 Å². The van der Waals surface area contributed by atoms with Gasteiger partial charge in [-0.3, -0.25) is 9.59 Å². The van der Waals surface area contributed by atoms with E-state index in [0.29, 0.717) is 28.4 Å². The van der Waals surface area contributed by atoms with Crippen molar-refractivity contribution in [2.45, 2.75) is 56.4 Å². The minimum Gasteiger partial charge on any atom is -0.355 e. The number of amides is 1. The highest BCUT2D eigenvalue weighted by Crippen LogP contribution is 2.25. The number of rotatable bonds is 7. The minimum atomic E-state index is -0.403. The van der Waals surface area contributed by atoms with E-state index in [1.807, 2.05) is 38.1 Å². The van der Waals surface area contributed by atoms with Gasteiger partial charge >= 0.3 is 0 Å². The predicted molar refractivity (Wildman–Crippen MR) is 129 cm³/mol. The molecule has 0 fully saturated rings. The minimum absolute atomic E-state index is 0.0581. The number of hydrogen-bond acceptors (Lipinski definition) is 5. The van der Waals surface area contributed by atoms with E-state index in [9.17, 15) is 9.59 Å². The highest BCUT2D eigenvalue weighted by atomic mass is 32.2. The summed E-state index contributed by atoms with van der Waals surface area (Å²) in [5.74, 6) is 0.440. The Balaban J connectivity index is 1.56. The van der Waals surface area contributed by atoms with Crippen LogP contribution in [0.2, 0.25) is 0 Å². The highest BCUT2D eigenvalue weighted by molar-refractivity contribution is 8.00. The molecule has 4 rings (SSSR count). The molecule has 0 saturated heterocycles. The lowest BCUT2D eigenvalue weighted by Crippen LogP contribution is -2.33. The van der Waals surface area contributed by atoms with E-state index in [-0.39, 0.29) is 11.5 Å². The van der Waals surface area contributed by atoms with Crippen LogP contribution < -0.4 is 10.9 Å². The highest BCUT2D eigenvalue weighted by Gasteiger charge is 2.20. The van der Waals surface area contributed by atoms with E-state index >= 15 is 0 Å². The van der Waals surface area contributed by atoms with E-state index in [1.54, 1.807) is 18.3 Å². The molecule has 1 atom stereocenters. The third-order valence-electron chi connectivity index (χ3n) is 5.65. The van der Waals surface area contributed by atoms with Crippen LogP contribution in [0.25, 0.3) is 16.7 Å². The maximum absolute atomic E-state index is 13.3. The number of allylic oxidation sites excluding steroid dienone is 1. The number of fused-ring (bicyclic) bond motifs is 1. The zero-order valence-corrected chi connectivity index (χ0v) is 19.3. The number of aryl methyl sites for hydroxylation is 1. The Bertz CT molecular complexity index is 1200. The number of nitrogens with one attached hydrogen (secondary N) is 1. The molecular weight excluding hydrogens is 420 g/mol. The van der Waals surface area contributed by atoms with Gasteiger partial charge in [0.25, 0.3) is 5.56 Å². The van der Waals surface area contributed by atoms with Gasteiger partial charge in [0.2, 0.25) is 5.91 Å². The Kier molecular flexibility index (Phi) is 7.05. The number of nitrogens with zero attached hydrogens (tertiary/aromatic N) is 3. The van der Waals surface area contributed by atoms with Crippen molar-refractivity contribution in [3.05, 3.63) is 70.2 Å². The summed E-state index contributed by atoms with van der Waals surface area (Å²) < 4.78 is 1.50. The van der Waals surface area contributed by atoms with Crippen molar-refractivity contribution in [1.82, 2.24) is 19.9 Å². The SMILES string of the molecule is Cc1ccc(-n2c(SC(C)C(=O)NCCC3=CCCCC3)nc3ccccc3c2=O)nc1. The molecule has 166 valence electrons. The number of carbonyl (C=O) groups excluding carboxylic acids is 1. The quantitative estimate of drug-likeness (QED) is 0.325. The third kappa shape index (κ3) is 5.10. The Morgan fingerprint density at radius 1 is 1.22 bits per heavy atom. The van der Waals surface area contributed by atoms with E-state index in [1.165, 1.54) is 34.7 Å². The number of benzene rings is 1. The molecule has 1 aliphatic carbocycles. The molecule has 0 bridgehead atoms. The fourth-order valence-electron chi connectivity index (χ4n) is 3.82. The summed E-state index contributed by atoms with van der Waals surface area (Å²) in [6.45, 7) is 4.42. The summed E-state index contributed by atoms with van der Waals surface area (Å²) >= 11 is 1.28. The average Bonchev–Trinajstić information content (AvgIpc) is 2.81. The summed E-state index contributed by atoms with van der Waals surface area (Å²) in [7, 11) is 0. The molecule has 0 saturated carbocycles. The lowest BCUT2D eigenvalue weighted by atomic mass is 9.97. The molecule has 1 amide bonds. The van der Waals surface area contributed by atoms with Crippen molar-refractivity contribution in [2.24, 2.45) is 0 Å². The second kappa shape index (κ2) is 10.1. The van der Waals surface area contributed by atoms with Crippen molar-refractivity contribution in [3.8, 4) is 5.82 Å². The van der Waals surface area contributed by atoms with Crippen LogP contribution in [-0.2, 0) is 4.79 Å². The first-order chi connectivity index (χ1) is 15.5. The molecule has 0 radical (unpaired) electrons. The van der Waals surface area contributed by atoms with E-state index in [0.717, 1.165) is 24.8 Å². The van der Waals surface area contributed by atoms with Gasteiger partial charge in [-0.2, -0.15) is 0 Å². The number of para-hydroxylation sites is 1. The topological polar surface area (TPSA) is 76.9 Å². The molecule has 1 unspecified atom stereocenters. The fraction of sp³-hybridized carbons (Fsp3) is 0.360. The van der Waals surface area contributed by atoms with Gasteiger partial charge < -0.3 is 5.32 Å². The normalized spacial score (nSPS) is 14.8. The van der Waals surface area contributed by atoms with E-state index in [2.05, 4.69) is 16.4 Å². The maximum atomic E-state index is 13.3. The van der Waals surface area contributed by atoms with Crippen molar-refractivity contribution in [2.75, 3.05) is 6.54 Å². The zero-order valence-electron chi connectivity index (χ0n) is 18.5. The number of carbonyl (C=O) groups is 1. The molecule has 32 heavy (non-hydrogen) atoms. The first kappa shape index (κ1) is 22.3. The number of pyridine rings is 1. The van der Waals surface area contributed by atoms with Crippen molar-refractivity contribution < 1.29 is 4.79 Å². The van der Waals surface area contributed by atoms with Crippen molar-refractivity contribution >= 4 is 28.6 Å². The maximum Gasteiger partial charge on any atom is 0.267 e. The molecule has 7 heteroatoms.